The highest BCUT2D eigenvalue weighted by Crippen LogP contribution is 1.97. The molecular weight excluding hydrogens is 216 g/mol. The Morgan fingerprint density at radius 3 is 2.67 bits per heavy atom. The van der Waals surface area contributed by atoms with Gasteiger partial charge in [-0.15, -0.1) is 12.3 Å². The minimum Gasteiger partial charge on any atom is -0.383 e. The first kappa shape index (κ1) is 14.4. The summed E-state index contributed by atoms with van der Waals surface area (Å²) in [6.45, 7) is 2.46. The number of hydrogen-bond donors (Lipinski definition) is 2. The summed E-state index contributed by atoms with van der Waals surface area (Å²) in [6.07, 6.45) is 6.17. The third-order valence-corrected chi connectivity index (χ3v) is 3.00. The second kappa shape index (κ2) is 7.65. The topological polar surface area (TPSA) is 67.4 Å². The summed E-state index contributed by atoms with van der Waals surface area (Å²) in [4.78, 5) is 0. The number of methoxy groups -OCH3 is 1. The quantitative estimate of drug-likeness (QED) is 0.454. The van der Waals surface area contributed by atoms with Crippen LogP contribution in [0.1, 0.15) is 19.8 Å². The molecular formula is C9H18N2O3S. The largest absolute Gasteiger partial charge is 0.383 e. The molecule has 0 fully saturated rings. The molecule has 0 aromatic rings. The van der Waals surface area contributed by atoms with Crippen LogP contribution in [-0.2, 0) is 14.9 Å². The molecule has 0 aliphatic heterocycles. The van der Waals surface area contributed by atoms with Gasteiger partial charge in [-0.2, -0.15) is 17.9 Å². The molecule has 2 N–H and O–H groups in total. The molecule has 0 aliphatic rings. The lowest BCUT2D eigenvalue weighted by Crippen LogP contribution is -2.43. The first-order valence-corrected chi connectivity index (χ1v) is 6.23. The van der Waals surface area contributed by atoms with Gasteiger partial charge >= 0.3 is 0 Å². The molecule has 0 aliphatic carbocycles. The number of ether oxygens (including phenoxy) is 1. The summed E-state index contributed by atoms with van der Waals surface area (Å²) in [6, 6.07) is -0.213. The van der Waals surface area contributed by atoms with Gasteiger partial charge in [-0.1, -0.05) is 6.92 Å². The molecule has 5 nitrogen and oxygen atoms in total. The number of terminal acetylenes is 1. The van der Waals surface area contributed by atoms with Crippen LogP contribution in [0.4, 0.5) is 0 Å². The van der Waals surface area contributed by atoms with E-state index in [1.807, 2.05) is 6.92 Å². The molecule has 0 amide bonds. The van der Waals surface area contributed by atoms with Crippen LogP contribution in [0, 0.1) is 12.3 Å². The lowest BCUT2D eigenvalue weighted by molar-refractivity contribution is 0.204. The van der Waals surface area contributed by atoms with Crippen LogP contribution in [0.3, 0.4) is 0 Å². The third-order valence-electron chi connectivity index (χ3n) is 1.78. The van der Waals surface area contributed by atoms with Crippen molar-refractivity contribution in [2.45, 2.75) is 25.8 Å². The Hall–Kier alpha value is -0.610. The van der Waals surface area contributed by atoms with Gasteiger partial charge in [-0.05, 0) is 6.42 Å². The zero-order chi connectivity index (χ0) is 11.7. The summed E-state index contributed by atoms with van der Waals surface area (Å²) in [7, 11) is -1.95. The highest BCUT2D eigenvalue weighted by molar-refractivity contribution is 7.87. The molecule has 0 heterocycles. The van der Waals surface area contributed by atoms with Gasteiger partial charge in [-0.3, -0.25) is 0 Å². The predicted octanol–water partition coefficient (Wildman–Crippen LogP) is -0.141. The molecule has 88 valence electrons. The van der Waals surface area contributed by atoms with Crippen molar-refractivity contribution in [2.24, 2.45) is 0 Å². The van der Waals surface area contributed by atoms with Gasteiger partial charge < -0.3 is 4.74 Å². The van der Waals surface area contributed by atoms with E-state index in [9.17, 15) is 8.42 Å². The summed E-state index contributed by atoms with van der Waals surface area (Å²) < 4.78 is 32.4. The van der Waals surface area contributed by atoms with Crippen LogP contribution in [0.25, 0.3) is 0 Å². The highest BCUT2D eigenvalue weighted by atomic mass is 32.2. The average molecular weight is 234 g/mol. The van der Waals surface area contributed by atoms with Crippen molar-refractivity contribution in [1.82, 2.24) is 9.44 Å². The maximum Gasteiger partial charge on any atom is 0.277 e. The Bertz CT molecular complexity index is 295. The van der Waals surface area contributed by atoms with E-state index < -0.39 is 10.2 Å². The minimum atomic E-state index is -3.46. The van der Waals surface area contributed by atoms with Gasteiger partial charge in [0, 0.05) is 26.1 Å². The normalized spacial score (nSPS) is 13.4. The maximum absolute atomic E-state index is 11.4. The molecule has 0 radical (unpaired) electrons. The van der Waals surface area contributed by atoms with Gasteiger partial charge in [0.1, 0.15) is 0 Å². The molecule has 15 heavy (non-hydrogen) atoms. The van der Waals surface area contributed by atoms with Crippen molar-refractivity contribution in [3.63, 3.8) is 0 Å². The standard InChI is InChI=1S/C9H18N2O3S/c1-4-6-9(5-2)11-15(12,13)10-7-8-14-3/h1,9-11H,5-8H2,2-3H3. The fraction of sp³-hybridized carbons (Fsp3) is 0.778. The van der Waals surface area contributed by atoms with Crippen molar-refractivity contribution in [3.8, 4) is 12.3 Å². The first-order valence-electron chi connectivity index (χ1n) is 4.75. The van der Waals surface area contributed by atoms with Crippen molar-refractivity contribution in [3.05, 3.63) is 0 Å². The SMILES string of the molecule is C#CCC(CC)NS(=O)(=O)NCCOC. The zero-order valence-electron chi connectivity index (χ0n) is 9.12. The van der Waals surface area contributed by atoms with Gasteiger partial charge in [0.15, 0.2) is 0 Å². The molecule has 0 spiro atoms. The van der Waals surface area contributed by atoms with E-state index in [2.05, 4.69) is 15.4 Å². The van der Waals surface area contributed by atoms with E-state index in [0.717, 1.165) is 0 Å². The third kappa shape index (κ3) is 7.33. The molecule has 0 rings (SSSR count). The van der Waals surface area contributed by atoms with E-state index in [0.29, 0.717) is 19.4 Å². The molecule has 0 saturated carbocycles. The van der Waals surface area contributed by atoms with Crippen molar-refractivity contribution < 1.29 is 13.2 Å². The molecule has 6 heteroatoms. The summed E-state index contributed by atoms with van der Waals surface area (Å²) in [5.74, 6) is 2.43. The second-order valence-electron chi connectivity index (χ2n) is 3.02. The van der Waals surface area contributed by atoms with E-state index >= 15 is 0 Å². The molecule has 1 atom stereocenters. The average Bonchev–Trinajstić information content (AvgIpc) is 2.17. The predicted molar refractivity (Wildman–Crippen MR) is 59.5 cm³/mol. The lowest BCUT2D eigenvalue weighted by atomic mass is 10.2. The van der Waals surface area contributed by atoms with E-state index in [1.54, 1.807) is 0 Å². The number of rotatable bonds is 8. The van der Waals surface area contributed by atoms with Gasteiger partial charge in [0.25, 0.3) is 10.2 Å². The summed E-state index contributed by atoms with van der Waals surface area (Å²) >= 11 is 0. The van der Waals surface area contributed by atoms with Crippen molar-refractivity contribution in [1.29, 1.82) is 0 Å². The van der Waals surface area contributed by atoms with Crippen LogP contribution in [-0.4, -0.2) is 34.7 Å². The van der Waals surface area contributed by atoms with E-state index in [1.165, 1.54) is 7.11 Å². The maximum atomic E-state index is 11.4. The van der Waals surface area contributed by atoms with Crippen molar-refractivity contribution in [2.75, 3.05) is 20.3 Å². The van der Waals surface area contributed by atoms with Crippen LogP contribution in [0.15, 0.2) is 0 Å². The first-order chi connectivity index (χ1) is 7.05. The fourth-order valence-corrected chi connectivity index (χ4v) is 2.07. The Kier molecular flexibility index (Phi) is 7.34. The molecule has 0 aromatic carbocycles. The van der Waals surface area contributed by atoms with E-state index in [-0.39, 0.29) is 12.6 Å². The van der Waals surface area contributed by atoms with Crippen LogP contribution in [0.2, 0.25) is 0 Å². The monoisotopic (exact) mass is 234 g/mol. The molecule has 0 bridgehead atoms. The van der Waals surface area contributed by atoms with Crippen molar-refractivity contribution >= 4 is 10.2 Å². The Morgan fingerprint density at radius 1 is 1.53 bits per heavy atom. The Morgan fingerprint density at radius 2 is 2.20 bits per heavy atom. The van der Waals surface area contributed by atoms with Crippen LogP contribution >= 0.6 is 0 Å². The Balaban J connectivity index is 4.06. The van der Waals surface area contributed by atoms with Crippen LogP contribution < -0.4 is 9.44 Å². The summed E-state index contributed by atoms with van der Waals surface area (Å²) in [5.41, 5.74) is 0. The number of hydrogen-bond acceptors (Lipinski definition) is 3. The minimum absolute atomic E-state index is 0.213. The molecule has 0 aromatic heterocycles. The van der Waals surface area contributed by atoms with E-state index in [4.69, 9.17) is 11.2 Å². The smallest absolute Gasteiger partial charge is 0.277 e. The van der Waals surface area contributed by atoms with Gasteiger partial charge in [0.05, 0.1) is 6.61 Å². The molecule has 0 saturated heterocycles. The van der Waals surface area contributed by atoms with Gasteiger partial charge in [-0.25, -0.2) is 0 Å². The van der Waals surface area contributed by atoms with Gasteiger partial charge in [0.2, 0.25) is 0 Å². The second-order valence-corrected chi connectivity index (χ2v) is 4.55. The molecule has 1 unspecified atom stereocenters. The van der Waals surface area contributed by atoms with Crippen LogP contribution in [0.5, 0.6) is 0 Å². The lowest BCUT2D eigenvalue weighted by Gasteiger charge is -2.14. The summed E-state index contributed by atoms with van der Waals surface area (Å²) in [5, 5.41) is 0. The Labute approximate surface area is 91.8 Å². The fourth-order valence-electron chi connectivity index (χ4n) is 0.951. The zero-order valence-corrected chi connectivity index (χ0v) is 9.93. The highest BCUT2D eigenvalue weighted by Gasteiger charge is 2.14. The number of nitrogens with one attached hydrogen (secondary N) is 2.